The molecular weight excluding hydrogens is 380 g/mol. The maximum atomic E-state index is 12.2. The van der Waals surface area contributed by atoms with Crippen molar-refractivity contribution in [2.45, 2.75) is 43.5 Å². The lowest BCUT2D eigenvalue weighted by Crippen LogP contribution is -2.28. The first-order chi connectivity index (χ1) is 11.7. The number of esters is 1. The molecule has 7 nitrogen and oxygen atoms in total. The Kier molecular flexibility index (Phi) is 8.05. The van der Waals surface area contributed by atoms with E-state index in [2.05, 4.69) is 5.32 Å². The first kappa shape index (κ1) is 22.4. The molecule has 2 atom stereocenters. The summed E-state index contributed by atoms with van der Waals surface area (Å²) in [5, 5.41) is 2.67. The van der Waals surface area contributed by atoms with Gasteiger partial charge >= 0.3 is 5.97 Å². The number of nitrogens with two attached hydrogens (primary N) is 1. The van der Waals surface area contributed by atoms with Gasteiger partial charge in [-0.25, -0.2) is 13.2 Å². The number of anilines is 1. The molecule has 1 aliphatic carbocycles. The number of rotatable bonds is 6. The van der Waals surface area contributed by atoms with Gasteiger partial charge in [0, 0.05) is 24.4 Å². The average Bonchev–Trinajstić information content (AvgIpc) is 2.91. The number of ether oxygens (including phenoxy) is 1. The molecule has 0 unspecified atom stereocenters. The summed E-state index contributed by atoms with van der Waals surface area (Å²) in [5.41, 5.74) is 6.31. The van der Waals surface area contributed by atoms with Crippen molar-refractivity contribution >= 4 is 39.8 Å². The molecule has 0 radical (unpaired) electrons. The summed E-state index contributed by atoms with van der Waals surface area (Å²) in [6, 6.07) is 4.02. The molecule has 3 N–H and O–H groups in total. The second-order valence-corrected chi connectivity index (χ2v) is 8.36. The summed E-state index contributed by atoms with van der Waals surface area (Å²) in [6.45, 7) is 1.83. The van der Waals surface area contributed by atoms with Crippen LogP contribution in [0.15, 0.2) is 23.1 Å². The van der Waals surface area contributed by atoms with Gasteiger partial charge in [-0.3, -0.25) is 4.79 Å². The van der Waals surface area contributed by atoms with Crippen LogP contribution >= 0.6 is 12.4 Å². The normalized spacial score (nSPS) is 19.5. The Balaban J connectivity index is 0.00000338. The lowest BCUT2D eigenvalue weighted by atomic mass is 10.00. The third kappa shape index (κ3) is 5.96. The van der Waals surface area contributed by atoms with Gasteiger partial charge in [-0.05, 0) is 43.9 Å². The van der Waals surface area contributed by atoms with Crippen LogP contribution in [0.2, 0.25) is 0 Å². The van der Waals surface area contributed by atoms with Gasteiger partial charge in [0.15, 0.2) is 9.84 Å². The molecular formula is C17H25ClN2O5S. The second-order valence-electron chi connectivity index (χ2n) is 6.35. The fourth-order valence-corrected chi connectivity index (χ4v) is 3.67. The summed E-state index contributed by atoms with van der Waals surface area (Å²) in [5.74, 6) is -0.758. The molecule has 1 amide bonds. The van der Waals surface area contributed by atoms with Gasteiger partial charge in [0.05, 0.1) is 17.1 Å². The van der Waals surface area contributed by atoms with Crippen molar-refractivity contribution in [2.75, 3.05) is 18.2 Å². The molecule has 1 saturated carbocycles. The highest BCUT2D eigenvalue weighted by molar-refractivity contribution is 7.90. The fourth-order valence-electron chi connectivity index (χ4n) is 2.99. The lowest BCUT2D eigenvalue weighted by Gasteiger charge is -2.15. The van der Waals surface area contributed by atoms with Crippen LogP contribution in [0.3, 0.4) is 0 Å². The molecule has 146 valence electrons. The standard InChI is InChI=1S/C17H24N2O5S.ClH/c1-3-24-17(21)12-7-13(10-14(8-12)25(2,22)23)19-16(20)9-11-5-4-6-15(11)18;/h7-8,10-11,15H,3-6,9,18H2,1-2H3,(H,19,20);1H/t11-,15+;/m0./s1. The molecule has 0 spiro atoms. The molecule has 1 aromatic carbocycles. The zero-order valence-corrected chi connectivity index (χ0v) is 16.5. The molecule has 2 rings (SSSR count). The highest BCUT2D eigenvalue weighted by Crippen LogP contribution is 2.27. The predicted octanol–water partition coefficient (Wildman–Crippen LogP) is 2.14. The summed E-state index contributed by atoms with van der Waals surface area (Å²) >= 11 is 0. The van der Waals surface area contributed by atoms with E-state index in [0.717, 1.165) is 25.5 Å². The molecule has 0 aliphatic heterocycles. The van der Waals surface area contributed by atoms with E-state index in [-0.39, 0.29) is 59.4 Å². The topological polar surface area (TPSA) is 116 Å². The third-order valence-electron chi connectivity index (χ3n) is 4.30. The van der Waals surface area contributed by atoms with E-state index in [9.17, 15) is 18.0 Å². The van der Waals surface area contributed by atoms with Gasteiger partial charge in [-0.1, -0.05) is 6.42 Å². The number of hydrogen-bond donors (Lipinski definition) is 2. The maximum Gasteiger partial charge on any atom is 0.338 e. The number of sulfone groups is 1. The molecule has 9 heteroatoms. The van der Waals surface area contributed by atoms with E-state index in [0.29, 0.717) is 0 Å². The van der Waals surface area contributed by atoms with Crippen molar-refractivity contribution in [1.29, 1.82) is 0 Å². The minimum atomic E-state index is -3.54. The largest absolute Gasteiger partial charge is 0.462 e. The molecule has 0 bridgehead atoms. The Morgan fingerprint density at radius 2 is 1.96 bits per heavy atom. The van der Waals surface area contributed by atoms with Crippen molar-refractivity contribution < 1.29 is 22.7 Å². The van der Waals surface area contributed by atoms with Gasteiger partial charge in [0.2, 0.25) is 5.91 Å². The summed E-state index contributed by atoms with van der Waals surface area (Å²) in [7, 11) is -3.54. The van der Waals surface area contributed by atoms with Crippen molar-refractivity contribution in [1.82, 2.24) is 0 Å². The lowest BCUT2D eigenvalue weighted by molar-refractivity contribution is -0.117. The number of halogens is 1. The van der Waals surface area contributed by atoms with Crippen molar-refractivity contribution in [3.63, 3.8) is 0 Å². The minimum Gasteiger partial charge on any atom is -0.462 e. The van der Waals surface area contributed by atoms with Gasteiger partial charge in [0.25, 0.3) is 0 Å². The van der Waals surface area contributed by atoms with E-state index in [1.807, 2.05) is 0 Å². The van der Waals surface area contributed by atoms with E-state index in [1.165, 1.54) is 18.2 Å². The number of benzene rings is 1. The molecule has 1 aromatic rings. The Labute approximate surface area is 160 Å². The summed E-state index contributed by atoms with van der Waals surface area (Å²) in [6.07, 6.45) is 4.15. The molecule has 0 aromatic heterocycles. The van der Waals surface area contributed by atoms with Gasteiger partial charge in [-0.2, -0.15) is 0 Å². The molecule has 1 aliphatic rings. The Hall–Kier alpha value is -1.64. The highest BCUT2D eigenvalue weighted by Gasteiger charge is 2.26. The van der Waals surface area contributed by atoms with E-state index < -0.39 is 15.8 Å². The van der Waals surface area contributed by atoms with Crippen LogP contribution in [-0.4, -0.2) is 39.2 Å². The quantitative estimate of drug-likeness (QED) is 0.702. The van der Waals surface area contributed by atoms with Crippen molar-refractivity contribution in [2.24, 2.45) is 11.7 Å². The second kappa shape index (κ2) is 9.34. The van der Waals surface area contributed by atoms with Crippen LogP contribution in [0.25, 0.3) is 0 Å². The van der Waals surface area contributed by atoms with Gasteiger partial charge in [-0.15, -0.1) is 12.4 Å². The Morgan fingerprint density at radius 1 is 1.27 bits per heavy atom. The van der Waals surface area contributed by atoms with Crippen LogP contribution in [0, 0.1) is 5.92 Å². The number of hydrogen-bond acceptors (Lipinski definition) is 6. The predicted molar refractivity (Wildman–Crippen MR) is 101 cm³/mol. The monoisotopic (exact) mass is 404 g/mol. The Morgan fingerprint density at radius 3 is 2.50 bits per heavy atom. The smallest absolute Gasteiger partial charge is 0.338 e. The van der Waals surface area contributed by atoms with E-state index >= 15 is 0 Å². The zero-order valence-electron chi connectivity index (χ0n) is 14.9. The molecule has 0 saturated heterocycles. The van der Waals surface area contributed by atoms with Crippen LogP contribution in [0.4, 0.5) is 5.69 Å². The number of carbonyl (C=O) groups is 2. The average molecular weight is 405 g/mol. The SMILES string of the molecule is CCOC(=O)c1cc(NC(=O)C[C@@H]2CCC[C@H]2N)cc(S(C)(=O)=O)c1.Cl. The number of amides is 1. The zero-order chi connectivity index (χ0) is 18.6. The van der Waals surface area contributed by atoms with Gasteiger partial charge in [0.1, 0.15) is 0 Å². The number of carbonyl (C=O) groups excluding carboxylic acids is 2. The summed E-state index contributed by atoms with van der Waals surface area (Å²) in [4.78, 5) is 24.1. The van der Waals surface area contributed by atoms with Crippen LogP contribution in [0.5, 0.6) is 0 Å². The van der Waals surface area contributed by atoms with Crippen LogP contribution < -0.4 is 11.1 Å². The fraction of sp³-hybridized carbons (Fsp3) is 0.529. The molecule has 1 fully saturated rings. The molecule has 26 heavy (non-hydrogen) atoms. The van der Waals surface area contributed by atoms with E-state index in [4.69, 9.17) is 10.5 Å². The maximum absolute atomic E-state index is 12.2. The third-order valence-corrected chi connectivity index (χ3v) is 5.39. The first-order valence-corrected chi connectivity index (χ1v) is 10.2. The summed E-state index contributed by atoms with van der Waals surface area (Å²) < 4.78 is 28.6. The Bertz CT molecular complexity index is 766. The van der Waals surface area contributed by atoms with Crippen LogP contribution in [0.1, 0.15) is 43.0 Å². The van der Waals surface area contributed by atoms with Crippen molar-refractivity contribution in [3.05, 3.63) is 23.8 Å². The molecule has 0 heterocycles. The van der Waals surface area contributed by atoms with Crippen LogP contribution in [-0.2, 0) is 19.4 Å². The van der Waals surface area contributed by atoms with Gasteiger partial charge < -0.3 is 15.8 Å². The first-order valence-electron chi connectivity index (χ1n) is 8.28. The van der Waals surface area contributed by atoms with Crippen molar-refractivity contribution in [3.8, 4) is 0 Å². The highest BCUT2D eigenvalue weighted by atomic mass is 35.5. The minimum absolute atomic E-state index is 0. The number of nitrogens with one attached hydrogen (secondary N) is 1. The van der Waals surface area contributed by atoms with E-state index in [1.54, 1.807) is 6.92 Å².